The van der Waals surface area contributed by atoms with Gasteiger partial charge in [-0.05, 0) is 56.5 Å². The largest absolute Gasteiger partial charge is 0.496 e. The molecule has 0 amide bonds. The van der Waals surface area contributed by atoms with Crippen LogP contribution in [0.2, 0.25) is 5.02 Å². The molecule has 0 aliphatic carbocycles. The van der Waals surface area contributed by atoms with Gasteiger partial charge in [0.2, 0.25) is 0 Å². The van der Waals surface area contributed by atoms with Crippen LogP contribution in [0.3, 0.4) is 0 Å². The van der Waals surface area contributed by atoms with Gasteiger partial charge in [-0.15, -0.1) is 0 Å². The SMILES string of the molecule is CCC/C=C(\c1cc(-c2c(C)c(Cl)cc(C(C)n3nc(C)c4c(N)ncnc43)c2OC)ccn1)N(C)CCO. The molecule has 1 atom stereocenters. The molecule has 1 unspecified atom stereocenters. The van der Waals surface area contributed by atoms with Crippen molar-refractivity contribution in [3.05, 3.63) is 64.3 Å². The second-order valence-electron chi connectivity index (χ2n) is 9.60. The fourth-order valence-electron chi connectivity index (χ4n) is 4.93. The molecule has 3 heterocycles. The van der Waals surface area contributed by atoms with E-state index in [1.54, 1.807) is 13.3 Å². The molecular weight excluding hydrogens is 514 g/mol. The number of rotatable bonds is 10. The zero-order valence-corrected chi connectivity index (χ0v) is 24.1. The third kappa shape index (κ3) is 5.42. The van der Waals surface area contributed by atoms with E-state index in [1.165, 1.54) is 6.33 Å². The molecule has 10 heteroatoms. The summed E-state index contributed by atoms with van der Waals surface area (Å²) in [5, 5.41) is 15.6. The Morgan fingerprint density at radius 3 is 2.72 bits per heavy atom. The lowest BCUT2D eigenvalue weighted by atomic mass is 9.93. The highest BCUT2D eigenvalue weighted by atomic mass is 35.5. The molecular formula is C29H36ClN7O2. The predicted octanol–water partition coefficient (Wildman–Crippen LogP) is 5.42. The minimum absolute atomic E-state index is 0.0558. The molecule has 3 aromatic heterocycles. The quantitative estimate of drug-likeness (QED) is 0.269. The van der Waals surface area contributed by atoms with Gasteiger partial charge in [0.15, 0.2) is 5.65 Å². The van der Waals surface area contributed by atoms with Gasteiger partial charge in [-0.3, -0.25) is 4.98 Å². The fourth-order valence-corrected chi connectivity index (χ4v) is 5.14. The molecule has 3 N–H and O–H groups in total. The number of hydrogen-bond acceptors (Lipinski definition) is 8. The first-order valence-electron chi connectivity index (χ1n) is 13.0. The number of nitrogens with two attached hydrogens (primary N) is 1. The highest BCUT2D eigenvalue weighted by molar-refractivity contribution is 6.32. The van der Waals surface area contributed by atoms with Crippen LogP contribution in [0.25, 0.3) is 27.9 Å². The zero-order chi connectivity index (χ0) is 28.3. The molecule has 0 spiro atoms. The number of fused-ring (bicyclic) bond motifs is 1. The number of benzene rings is 1. The summed E-state index contributed by atoms with van der Waals surface area (Å²) in [5.74, 6) is 1.10. The molecule has 1 aromatic carbocycles. The van der Waals surface area contributed by atoms with Crippen molar-refractivity contribution in [1.29, 1.82) is 0 Å². The summed E-state index contributed by atoms with van der Waals surface area (Å²) in [6.07, 6.45) is 7.32. The number of pyridine rings is 1. The topological polar surface area (TPSA) is 115 Å². The monoisotopic (exact) mass is 549 g/mol. The van der Waals surface area contributed by atoms with Crippen molar-refractivity contribution in [1.82, 2.24) is 29.6 Å². The Morgan fingerprint density at radius 2 is 2.03 bits per heavy atom. The predicted molar refractivity (Wildman–Crippen MR) is 157 cm³/mol. The van der Waals surface area contributed by atoms with E-state index in [-0.39, 0.29) is 12.6 Å². The lowest BCUT2D eigenvalue weighted by Gasteiger charge is -2.24. The van der Waals surface area contributed by atoms with E-state index in [2.05, 4.69) is 28.0 Å². The van der Waals surface area contributed by atoms with Crippen LogP contribution in [0.1, 0.15) is 55.2 Å². The van der Waals surface area contributed by atoms with Crippen molar-refractivity contribution in [3.63, 3.8) is 0 Å². The van der Waals surface area contributed by atoms with Gasteiger partial charge in [-0.2, -0.15) is 5.10 Å². The number of nitrogens with zero attached hydrogens (tertiary/aromatic N) is 6. The first kappa shape index (κ1) is 28.3. The summed E-state index contributed by atoms with van der Waals surface area (Å²) >= 11 is 6.85. The number of anilines is 1. The fraction of sp³-hybridized carbons (Fsp3) is 0.379. The van der Waals surface area contributed by atoms with Crippen LogP contribution in [0.5, 0.6) is 5.75 Å². The number of methoxy groups -OCH3 is 1. The number of aliphatic hydroxyl groups excluding tert-OH is 1. The maximum Gasteiger partial charge on any atom is 0.164 e. The molecule has 0 radical (unpaired) electrons. The van der Waals surface area contributed by atoms with Gasteiger partial charge in [0.05, 0.1) is 42.2 Å². The first-order valence-corrected chi connectivity index (χ1v) is 13.4. The second kappa shape index (κ2) is 12.0. The normalized spacial score (nSPS) is 12.7. The van der Waals surface area contributed by atoms with E-state index < -0.39 is 0 Å². The summed E-state index contributed by atoms with van der Waals surface area (Å²) in [6, 6.07) is 5.68. The van der Waals surface area contributed by atoms with Crippen molar-refractivity contribution >= 4 is 34.1 Å². The highest BCUT2D eigenvalue weighted by Crippen LogP contribution is 2.44. The summed E-state index contributed by atoms with van der Waals surface area (Å²) in [6.45, 7) is 8.62. The van der Waals surface area contributed by atoms with E-state index in [9.17, 15) is 5.11 Å². The Hall–Kier alpha value is -3.69. The van der Waals surface area contributed by atoms with Crippen LogP contribution in [0.15, 0.2) is 36.8 Å². The Morgan fingerprint density at radius 1 is 1.26 bits per heavy atom. The molecule has 0 bridgehead atoms. The van der Waals surface area contributed by atoms with Crippen LogP contribution < -0.4 is 10.5 Å². The van der Waals surface area contributed by atoms with Crippen LogP contribution in [-0.4, -0.2) is 62.0 Å². The average molecular weight is 550 g/mol. The number of likely N-dealkylation sites (N-methyl/N-ethyl adjacent to an activating group) is 1. The maximum absolute atomic E-state index is 9.54. The molecule has 4 rings (SSSR count). The van der Waals surface area contributed by atoms with Crippen molar-refractivity contribution in [3.8, 4) is 16.9 Å². The lowest BCUT2D eigenvalue weighted by molar-refractivity contribution is 0.259. The molecule has 39 heavy (non-hydrogen) atoms. The van der Waals surface area contributed by atoms with E-state index >= 15 is 0 Å². The van der Waals surface area contributed by atoms with Gasteiger partial charge < -0.3 is 20.5 Å². The van der Waals surface area contributed by atoms with Crippen molar-refractivity contribution in [2.24, 2.45) is 0 Å². The van der Waals surface area contributed by atoms with Gasteiger partial charge in [0.25, 0.3) is 0 Å². The Labute approximate surface area is 234 Å². The van der Waals surface area contributed by atoms with Gasteiger partial charge >= 0.3 is 0 Å². The van der Waals surface area contributed by atoms with Gasteiger partial charge in [0, 0.05) is 35.9 Å². The van der Waals surface area contributed by atoms with Crippen molar-refractivity contribution in [2.45, 2.75) is 46.6 Å². The first-order chi connectivity index (χ1) is 18.7. The third-order valence-corrected chi connectivity index (χ3v) is 7.40. The second-order valence-corrected chi connectivity index (χ2v) is 10.0. The number of unbranched alkanes of at least 4 members (excludes halogenated alkanes) is 1. The van der Waals surface area contributed by atoms with Crippen LogP contribution >= 0.6 is 11.6 Å². The molecule has 0 fully saturated rings. The summed E-state index contributed by atoms with van der Waals surface area (Å²) in [7, 11) is 3.63. The standard InChI is InChI=1S/C29H36ClN7O2/c1-7-8-9-24(36(5)12-13-38)23-14-20(10-11-32-23)25-17(2)22(30)15-21(27(25)39-6)19(4)37-29-26(18(3)35-37)28(31)33-16-34-29/h9-11,14-16,19,38H,7-8,12-13H2,1-6H3,(H2,31,33,34)/b24-9+. The van der Waals surface area contributed by atoms with Crippen LogP contribution in [-0.2, 0) is 0 Å². The van der Waals surface area contributed by atoms with Crippen LogP contribution in [0, 0.1) is 13.8 Å². The number of aromatic nitrogens is 5. The van der Waals surface area contributed by atoms with E-state index in [1.807, 2.05) is 55.6 Å². The zero-order valence-electron chi connectivity index (χ0n) is 23.4. The number of halogens is 1. The Kier molecular flexibility index (Phi) is 8.72. The molecule has 0 saturated carbocycles. The molecule has 4 aromatic rings. The number of hydrogen-bond donors (Lipinski definition) is 2. The average Bonchev–Trinajstić information content (AvgIpc) is 3.27. The summed E-state index contributed by atoms with van der Waals surface area (Å²) in [5.41, 5.74) is 12.9. The summed E-state index contributed by atoms with van der Waals surface area (Å²) in [4.78, 5) is 15.3. The number of nitrogen functional groups attached to an aromatic ring is 1. The van der Waals surface area contributed by atoms with Gasteiger partial charge in [-0.1, -0.05) is 31.0 Å². The Bertz CT molecular complexity index is 1520. The summed E-state index contributed by atoms with van der Waals surface area (Å²) < 4.78 is 7.90. The van der Waals surface area contributed by atoms with Crippen molar-refractivity contribution in [2.75, 3.05) is 33.0 Å². The molecule has 0 aliphatic heterocycles. The van der Waals surface area contributed by atoms with Gasteiger partial charge in [-0.25, -0.2) is 14.6 Å². The number of aryl methyl sites for hydroxylation is 1. The number of ether oxygens (including phenoxy) is 1. The molecule has 0 aliphatic rings. The van der Waals surface area contributed by atoms with E-state index in [4.69, 9.17) is 27.2 Å². The Balaban J connectivity index is 1.89. The molecule has 206 valence electrons. The smallest absolute Gasteiger partial charge is 0.164 e. The molecule has 9 nitrogen and oxygen atoms in total. The highest BCUT2D eigenvalue weighted by Gasteiger charge is 2.25. The number of allylic oxidation sites excluding steroid dienone is 1. The minimum Gasteiger partial charge on any atom is -0.496 e. The van der Waals surface area contributed by atoms with Crippen LogP contribution in [0.4, 0.5) is 5.82 Å². The third-order valence-electron chi connectivity index (χ3n) is 7.00. The minimum atomic E-state index is -0.265. The van der Waals surface area contributed by atoms with E-state index in [0.717, 1.165) is 57.6 Å². The number of aliphatic hydroxyl groups is 1. The molecule has 0 saturated heterocycles. The maximum atomic E-state index is 9.54. The lowest BCUT2D eigenvalue weighted by Crippen LogP contribution is -2.21. The van der Waals surface area contributed by atoms with Crippen molar-refractivity contribution < 1.29 is 9.84 Å². The van der Waals surface area contributed by atoms with Gasteiger partial charge in [0.1, 0.15) is 17.9 Å². The van der Waals surface area contributed by atoms with E-state index in [0.29, 0.717) is 28.8 Å².